The van der Waals surface area contributed by atoms with E-state index in [9.17, 15) is 9.59 Å². The number of unbranched alkanes of at least 4 members (excludes halogenated alkanes) is 2. The molecule has 2 amide bonds. The number of thioether (sulfide) groups is 2. The molecule has 0 spiro atoms. The summed E-state index contributed by atoms with van der Waals surface area (Å²) in [7, 11) is 0. The summed E-state index contributed by atoms with van der Waals surface area (Å²) in [6.45, 7) is 5.44. The standard InChI is InChI=1S/C14H28N2O2S2/c1-3-5-9-19-11-7-15-13(17)14(18)16-8-12-20-10-6-4-2/h3-12H2,1-2H3,(H,15,17)(H,16,18). The molecule has 0 saturated heterocycles. The second-order valence-corrected chi connectivity index (χ2v) is 6.89. The Labute approximate surface area is 131 Å². The lowest BCUT2D eigenvalue weighted by atomic mass is 10.4. The van der Waals surface area contributed by atoms with E-state index < -0.39 is 11.8 Å². The normalized spacial score (nSPS) is 10.3. The highest BCUT2D eigenvalue weighted by Crippen LogP contribution is 2.03. The van der Waals surface area contributed by atoms with Gasteiger partial charge in [0.1, 0.15) is 0 Å². The SMILES string of the molecule is CCCCSCCNC(=O)C(=O)NCCSCCCC. The lowest BCUT2D eigenvalue weighted by Crippen LogP contribution is -2.41. The van der Waals surface area contributed by atoms with Crippen LogP contribution in [0.2, 0.25) is 0 Å². The van der Waals surface area contributed by atoms with Gasteiger partial charge in [0.25, 0.3) is 0 Å². The Balaban J connectivity index is 3.40. The van der Waals surface area contributed by atoms with Gasteiger partial charge in [0.2, 0.25) is 0 Å². The highest BCUT2D eigenvalue weighted by atomic mass is 32.2. The molecule has 6 heteroatoms. The Morgan fingerprint density at radius 1 is 0.750 bits per heavy atom. The monoisotopic (exact) mass is 320 g/mol. The first kappa shape index (κ1) is 19.6. The minimum Gasteiger partial charge on any atom is -0.347 e. The Hall–Kier alpha value is -0.360. The first-order chi connectivity index (χ1) is 9.72. The smallest absolute Gasteiger partial charge is 0.309 e. The predicted molar refractivity (Wildman–Crippen MR) is 90.5 cm³/mol. The molecule has 0 fully saturated rings. The fourth-order valence-corrected chi connectivity index (χ4v) is 3.22. The van der Waals surface area contributed by atoms with Crippen molar-refractivity contribution in [2.75, 3.05) is 36.1 Å². The highest BCUT2D eigenvalue weighted by molar-refractivity contribution is 7.99. The minimum atomic E-state index is -0.514. The molecular weight excluding hydrogens is 292 g/mol. The fraction of sp³-hybridized carbons (Fsp3) is 0.857. The van der Waals surface area contributed by atoms with Gasteiger partial charge in [-0.1, -0.05) is 26.7 Å². The van der Waals surface area contributed by atoms with Crippen LogP contribution < -0.4 is 10.6 Å². The second kappa shape index (κ2) is 15.0. The molecule has 2 N–H and O–H groups in total. The van der Waals surface area contributed by atoms with Gasteiger partial charge in [0.05, 0.1) is 0 Å². The van der Waals surface area contributed by atoms with Crippen molar-refractivity contribution in [3.63, 3.8) is 0 Å². The molecule has 0 heterocycles. The third kappa shape index (κ3) is 12.7. The van der Waals surface area contributed by atoms with Gasteiger partial charge in [0.15, 0.2) is 0 Å². The molecule has 0 unspecified atom stereocenters. The van der Waals surface area contributed by atoms with Crippen LogP contribution in [0.1, 0.15) is 39.5 Å². The zero-order valence-electron chi connectivity index (χ0n) is 12.7. The van der Waals surface area contributed by atoms with Crippen molar-refractivity contribution in [3.05, 3.63) is 0 Å². The van der Waals surface area contributed by atoms with E-state index in [2.05, 4.69) is 24.5 Å². The Bertz CT molecular complexity index is 238. The Morgan fingerprint density at radius 3 is 1.50 bits per heavy atom. The van der Waals surface area contributed by atoms with Crippen molar-refractivity contribution in [2.45, 2.75) is 39.5 Å². The zero-order chi connectivity index (χ0) is 15.1. The third-order valence-electron chi connectivity index (χ3n) is 2.55. The quantitative estimate of drug-likeness (QED) is 0.428. The summed E-state index contributed by atoms with van der Waals surface area (Å²) < 4.78 is 0. The number of amides is 2. The Morgan fingerprint density at radius 2 is 1.15 bits per heavy atom. The molecule has 0 bridgehead atoms. The summed E-state index contributed by atoms with van der Waals surface area (Å²) in [4.78, 5) is 22.9. The van der Waals surface area contributed by atoms with Crippen molar-refractivity contribution in [3.8, 4) is 0 Å². The van der Waals surface area contributed by atoms with Crippen LogP contribution in [0.15, 0.2) is 0 Å². The van der Waals surface area contributed by atoms with E-state index in [-0.39, 0.29) is 0 Å². The van der Waals surface area contributed by atoms with Crippen LogP contribution in [-0.2, 0) is 9.59 Å². The van der Waals surface area contributed by atoms with Gasteiger partial charge in [-0.05, 0) is 24.3 Å². The molecular formula is C14H28N2O2S2. The van der Waals surface area contributed by atoms with Gasteiger partial charge in [-0.3, -0.25) is 9.59 Å². The molecule has 0 aliphatic heterocycles. The van der Waals surface area contributed by atoms with E-state index in [0.717, 1.165) is 23.0 Å². The van der Waals surface area contributed by atoms with Crippen molar-refractivity contribution in [2.24, 2.45) is 0 Å². The number of carbonyl (C=O) groups excluding carboxylic acids is 2. The number of hydrogen-bond donors (Lipinski definition) is 2. The molecule has 0 saturated carbocycles. The van der Waals surface area contributed by atoms with Crippen LogP contribution >= 0.6 is 23.5 Å². The van der Waals surface area contributed by atoms with Crippen LogP contribution in [0.4, 0.5) is 0 Å². The second-order valence-electron chi connectivity index (χ2n) is 4.44. The molecule has 20 heavy (non-hydrogen) atoms. The molecule has 118 valence electrons. The van der Waals surface area contributed by atoms with Crippen molar-refractivity contribution in [1.29, 1.82) is 0 Å². The highest BCUT2D eigenvalue weighted by Gasteiger charge is 2.11. The topological polar surface area (TPSA) is 58.2 Å². The van der Waals surface area contributed by atoms with Crippen LogP contribution in [0, 0.1) is 0 Å². The molecule has 0 radical (unpaired) electrons. The predicted octanol–water partition coefficient (Wildman–Crippen LogP) is 2.29. The number of rotatable bonds is 12. The lowest BCUT2D eigenvalue weighted by molar-refractivity contribution is -0.139. The van der Waals surface area contributed by atoms with Crippen molar-refractivity contribution < 1.29 is 9.59 Å². The molecule has 0 aliphatic rings. The number of carbonyl (C=O) groups is 2. The first-order valence-corrected chi connectivity index (χ1v) is 9.74. The van der Waals surface area contributed by atoms with Gasteiger partial charge in [-0.2, -0.15) is 23.5 Å². The van der Waals surface area contributed by atoms with Crippen molar-refractivity contribution >= 4 is 35.3 Å². The maximum absolute atomic E-state index is 11.5. The van der Waals surface area contributed by atoms with Gasteiger partial charge >= 0.3 is 11.8 Å². The molecule has 4 nitrogen and oxygen atoms in total. The lowest BCUT2D eigenvalue weighted by Gasteiger charge is -2.06. The molecule has 0 aliphatic carbocycles. The van der Waals surface area contributed by atoms with E-state index >= 15 is 0 Å². The van der Waals surface area contributed by atoms with Crippen LogP contribution in [-0.4, -0.2) is 47.9 Å². The van der Waals surface area contributed by atoms with Crippen molar-refractivity contribution in [1.82, 2.24) is 10.6 Å². The Kier molecular flexibility index (Phi) is 14.8. The molecule has 0 atom stereocenters. The summed E-state index contributed by atoms with van der Waals surface area (Å²) in [6.07, 6.45) is 4.79. The molecule has 0 aromatic carbocycles. The summed E-state index contributed by atoms with van der Waals surface area (Å²) >= 11 is 3.62. The van der Waals surface area contributed by atoms with E-state index in [4.69, 9.17) is 0 Å². The van der Waals surface area contributed by atoms with Crippen LogP contribution in [0.5, 0.6) is 0 Å². The fourth-order valence-electron chi connectivity index (χ4n) is 1.33. The van der Waals surface area contributed by atoms with Gasteiger partial charge in [0, 0.05) is 24.6 Å². The first-order valence-electron chi connectivity index (χ1n) is 7.43. The molecule has 0 aromatic rings. The number of hydrogen-bond acceptors (Lipinski definition) is 4. The summed E-state index contributed by atoms with van der Waals surface area (Å²) in [5, 5.41) is 5.28. The third-order valence-corrected chi connectivity index (χ3v) is 4.69. The van der Waals surface area contributed by atoms with Gasteiger partial charge in [-0.25, -0.2) is 0 Å². The molecule has 0 rings (SSSR count). The zero-order valence-corrected chi connectivity index (χ0v) is 14.3. The van der Waals surface area contributed by atoms with Gasteiger partial charge in [-0.15, -0.1) is 0 Å². The average Bonchev–Trinajstić information content (AvgIpc) is 2.45. The van der Waals surface area contributed by atoms with Gasteiger partial charge < -0.3 is 10.6 Å². The van der Waals surface area contributed by atoms with Crippen LogP contribution in [0.3, 0.4) is 0 Å². The maximum atomic E-state index is 11.5. The summed E-state index contributed by atoms with van der Waals surface area (Å²) in [5.74, 6) is 2.94. The van der Waals surface area contributed by atoms with E-state index in [1.54, 1.807) is 0 Å². The van der Waals surface area contributed by atoms with E-state index in [1.807, 2.05) is 23.5 Å². The summed E-state index contributed by atoms with van der Waals surface area (Å²) in [6, 6.07) is 0. The molecule has 0 aromatic heterocycles. The van der Waals surface area contributed by atoms with Crippen LogP contribution in [0.25, 0.3) is 0 Å². The minimum absolute atomic E-state index is 0.514. The van der Waals surface area contributed by atoms with E-state index in [0.29, 0.717) is 13.1 Å². The van der Waals surface area contributed by atoms with E-state index in [1.165, 1.54) is 25.7 Å². The maximum Gasteiger partial charge on any atom is 0.309 e. The average molecular weight is 321 g/mol. The summed E-state index contributed by atoms with van der Waals surface area (Å²) in [5.41, 5.74) is 0. The largest absolute Gasteiger partial charge is 0.347 e. The number of nitrogens with one attached hydrogen (secondary N) is 2.